The van der Waals surface area contributed by atoms with Crippen molar-refractivity contribution in [1.29, 1.82) is 0 Å². The smallest absolute Gasteiger partial charge is 0.252 e. The summed E-state index contributed by atoms with van der Waals surface area (Å²) in [5.74, 6) is 5.54. The second kappa shape index (κ2) is 7.46. The molecule has 1 rings (SSSR count). The molecule has 1 amide bonds. The Morgan fingerprint density at radius 1 is 1.61 bits per heavy atom. The van der Waals surface area contributed by atoms with Gasteiger partial charge in [-0.15, -0.1) is 0 Å². The van der Waals surface area contributed by atoms with Gasteiger partial charge in [-0.3, -0.25) is 9.78 Å². The molecule has 96 valence electrons. The maximum absolute atomic E-state index is 12.0. The third-order valence-electron chi connectivity index (χ3n) is 2.68. The summed E-state index contributed by atoms with van der Waals surface area (Å²) in [6.07, 6.45) is 4.11. The zero-order valence-electron chi connectivity index (χ0n) is 10.7. The van der Waals surface area contributed by atoms with Gasteiger partial charge in [0.2, 0.25) is 0 Å². The average Bonchev–Trinajstić information content (AvgIpc) is 2.42. The maximum atomic E-state index is 12.0. The summed E-state index contributed by atoms with van der Waals surface area (Å²) >= 11 is 0. The van der Waals surface area contributed by atoms with E-state index in [9.17, 15) is 4.79 Å². The monoisotopic (exact) mass is 246 g/mol. The van der Waals surface area contributed by atoms with Gasteiger partial charge in [0.05, 0.1) is 11.1 Å². The molecule has 0 aliphatic carbocycles. The van der Waals surface area contributed by atoms with Gasteiger partial charge in [-0.25, -0.2) is 0 Å². The molecule has 1 aromatic heterocycles. The van der Waals surface area contributed by atoms with Gasteiger partial charge in [-0.05, 0) is 12.0 Å². The van der Waals surface area contributed by atoms with Crippen molar-refractivity contribution < 1.29 is 9.90 Å². The Balaban J connectivity index is 2.79. The van der Waals surface area contributed by atoms with Gasteiger partial charge in [-0.1, -0.05) is 32.1 Å². The number of carbonyl (C=O) groups is 1. The van der Waals surface area contributed by atoms with Crippen molar-refractivity contribution in [3.8, 4) is 11.8 Å². The minimum absolute atomic E-state index is 0.153. The van der Waals surface area contributed by atoms with Crippen LogP contribution in [-0.4, -0.2) is 29.1 Å². The lowest BCUT2D eigenvalue weighted by Gasteiger charge is -2.10. The van der Waals surface area contributed by atoms with Gasteiger partial charge < -0.3 is 10.4 Å². The number of rotatable bonds is 4. The average molecular weight is 246 g/mol. The Bertz CT molecular complexity index is 460. The summed E-state index contributed by atoms with van der Waals surface area (Å²) in [4.78, 5) is 15.9. The van der Waals surface area contributed by atoms with E-state index in [-0.39, 0.29) is 12.5 Å². The predicted molar refractivity (Wildman–Crippen MR) is 70.0 cm³/mol. The van der Waals surface area contributed by atoms with E-state index in [1.54, 1.807) is 12.3 Å². The lowest BCUT2D eigenvalue weighted by molar-refractivity contribution is 0.0947. The van der Waals surface area contributed by atoms with E-state index in [0.717, 1.165) is 6.42 Å². The predicted octanol–water partition coefficient (Wildman–Crippen LogP) is 1.20. The van der Waals surface area contributed by atoms with Crippen LogP contribution in [0.4, 0.5) is 0 Å². The van der Waals surface area contributed by atoms with E-state index in [2.05, 4.69) is 36.0 Å². The molecule has 0 aliphatic heterocycles. The summed E-state index contributed by atoms with van der Waals surface area (Å²) in [6.45, 7) is 4.58. The Labute approximate surface area is 107 Å². The van der Waals surface area contributed by atoms with Gasteiger partial charge in [0, 0.05) is 18.9 Å². The second-order valence-electron chi connectivity index (χ2n) is 4.10. The highest BCUT2D eigenvalue weighted by atomic mass is 16.2. The first-order valence-corrected chi connectivity index (χ1v) is 6.01. The number of pyridine rings is 1. The van der Waals surface area contributed by atoms with Crippen molar-refractivity contribution in [2.24, 2.45) is 5.92 Å². The molecule has 4 heteroatoms. The third kappa shape index (κ3) is 4.19. The molecule has 1 atom stereocenters. The van der Waals surface area contributed by atoms with E-state index in [1.807, 2.05) is 0 Å². The van der Waals surface area contributed by atoms with Crippen LogP contribution in [0, 0.1) is 17.8 Å². The highest BCUT2D eigenvalue weighted by Gasteiger charge is 2.10. The topological polar surface area (TPSA) is 62.2 Å². The summed E-state index contributed by atoms with van der Waals surface area (Å²) < 4.78 is 0. The number of hydrogen-bond acceptors (Lipinski definition) is 3. The zero-order chi connectivity index (χ0) is 13.4. The van der Waals surface area contributed by atoms with Crippen LogP contribution in [0.1, 0.15) is 36.2 Å². The van der Waals surface area contributed by atoms with Crippen LogP contribution in [0.5, 0.6) is 0 Å². The molecule has 2 N–H and O–H groups in total. The van der Waals surface area contributed by atoms with Crippen LogP contribution in [0.25, 0.3) is 0 Å². The summed E-state index contributed by atoms with van der Waals surface area (Å²) in [7, 11) is 0. The highest BCUT2D eigenvalue weighted by molar-refractivity contribution is 5.96. The fourth-order valence-electron chi connectivity index (χ4n) is 1.33. The van der Waals surface area contributed by atoms with E-state index in [1.165, 1.54) is 6.20 Å². The molecule has 4 nitrogen and oxygen atoms in total. The molecule has 0 radical (unpaired) electrons. The van der Waals surface area contributed by atoms with Crippen molar-refractivity contribution in [3.63, 3.8) is 0 Å². The van der Waals surface area contributed by atoms with Gasteiger partial charge in [0.25, 0.3) is 5.91 Å². The first kappa shape index (κ1) is 14.2. The lowest BCUT2D eigenvalue weighted by Crippen LogP contribution is -2.28. The van der Waals surface area contributed by atoms with Crippen LogP contribution in [0.2, 0.25) is 0 Å². The molecule has 0 fully saturated rings. The van der Waals surface area contributed by atoms with E-state index in [0.29, 0.717) is 23.6 Å². The van der Waals surface area contributed by atoms with E-state index >= 15 is 0 Å². The fraction of sp³-hybridized carbons (Fsp3) is 0.429. The standard InChI is InChI=1S/C14H18N2O2/c1-3-11(2)9-16-14(18)13-6-7-15-10-12(13)5-4-8-17/h6-7,10-11,17H,3,8-9H2,1-2H3,(H,16,18). The summed E-state index contributed by atoms with van der Waals surface area (Å²) in [5, 5.41) is 11.5. The number of hydrogen-bond donors (Lipinski definition) is 2. The van der Waals surface area contributed by atoms with Gasteiger partial charge in [0.1, 0.15) is 6.61 Å². The number of aliphatic hydroxyl groups is 1. The van der Waals surface area contributed by atoms with Crippen molar-refractivity contribution in [1.82, 2.24) is 10.3 Å². The molecule has 1 aromatic rings. The Morgan fingerprint density at radius 2 is 2.39 bits per heavy atom. The van der Waals surface area contributed by atoms with Crippen molar-refractivity contribution >= 4 is 5.91 Å². The number of amides is 1. The lowest BCUT2D eigenvalue weighted by atomic mass is 10.1. The number of nitrogens with one attached hydrogen (secondary N) is 1. The maximum Gasteiger partial charge on any atom is 0.252 e. The first-order valence-electron chi connectivity index (χ1n) is 6.01. The number of carbonyl (C=O) groups excluding carboxylic acids is 1. The first-order chi connectivity index (χ1) is 8.69. The minimum Gasteiger partial charge on any atom is -0.384 e. The van der Waals surface area contributed by atoms with Gasteiger partial charge >= 0.3 is 0 Å². The zero-order valence-corrected chi connectivity index (χ0v) is 10.7. The van der Waals surface area contributed by atoms with E-state index in [4.69, 9.17) is 5.11 Å². The molecular weight excluding hydrogens is 228 g/mol. The molecule has 1 unspecified atom stereocenters. The third-order valence-corrected chi connectivity index (χ3v) is 2.68. The van der Waals surface area contributed by atoms with E-state index < -0.39 is 0 Å². The van der Waals surface area contributed by atoms with Gasteiger partial charge in [-0.2, -0.15) is 0 Å². The van der Waals surface area contributed by atoms with Crippen LogP contribution in [-0.2, 0) is 0 Å². The van der Waals surface area contributed by atoms with Crippen molar-refractivity contribution in [2.75, 3.05) is 13.2 Å². The summed E-state index contributed by atoms with van der Waals surface area (Å²) in [6, 6.07) is 1.63. The SMILES string of the molecule is CCC(C)CNC(=O)c1ccncc1C#CCO. The fourth-order valence-corrected chi connectivity index (χ4v) is 1.33. The minimum atomic E-state index is -0.233. The Morgan fingerprint density at radius 3 is 3.06 bits per heavy atom. The molecular formula is C14H18N2O2. The molecule has 0 saturated heterocycles. The Kier molecular flexibility index (Phi) is 5.89. The second-order valence-corrected chi connectivity index (χ2v) is 4.10. The molecule has 0 spiro atoms. The van der Waals surface area contributed by atoms with Gasteiger partial charge in [0.15, 0.2) is 0 Å². The van der Waals surface area contributed by atoms with Crippen LogP contribution < -0.4 is 5.32 Å². The molecule has 0 aliphatic rings. The Hall–Kier alpha value is -1.86. The quantitative estimate of drug-likeness (QED) is 0.785. The molecule has 0 saturated carbocycles. The van der Waals surface area contributed by atoms with Crippen LogP contribution in [0.15, 0.2) is 18.5 Å². The molecule has 0 bridgehead atoms. The van der Waals surface area contributed by atoms with Crippen LogP contribution in [0.3, 0.4) is 0 Å². The largest absolute Gasteiger partial charge is 0.384 e. The number of nitrogens with zero attached hydrogens (tertiary/aromatic N) is 1. The van der Waals surface area contributed by atoms with Crippen LogP contribution >= 0.6 is 0 Å². The molecule has 18 heavy (non-hydrogen) atoms. The van der Waals surface area contributed by atoms with Crippen molar-refractivity contribution in [2.45, 2.75) is 20.3 Å². The number of aliphatic hydroxyl groups excluding tert-OH is 1. The highest BCUT2D eigenvalue weighted by Crippen LogP contribution is 2.06. The number of aromatic nitrogens is 1. The summed E-state index contributed by atoms with van der Waals surface area (Å²) in [5.41, 5.74) is 1.03. The molecule has 1 heterocycles. The normalized spacial score (nSPS) is 11.3. The molecule has 0 aromatic carbocycles. The van der Waals surface area contributed by atoms with Crippen molar-refractivity contribution in [3.05, 3.63) is 29.6 Å².